The van der Waals surface area contributed by atoms with Crippen molar-refractivity contribution in [3.63, 3.8) is 0 Å². The summed E-state index contributed by atoms with van der Waals surface area (Å²) >= 11 is 0. The predicted octanol–water partition coefficient (Wildman–Crippen LogP) is 7.48. The van der Waals surface area contributed by atoms with Gasteiger partial charge in [0.15, 0.2) is 12.6 Å². The minimum atomic E-state index is -1.75. The Balaban J connectivity index is 1.72. The number of ether oxygens (including phenoxy) is 4. The molecule has 0 aromatic rings. The summed E-state index contributed by atoms with van der Waals surface area (Å²) < 4.78 is 22.3. The fourth-order valence-electron chi connectivity index (χ4n) is 9.43. The number of amides is 2. The first-order valence-corrected chi connectivity index (χ1v) is 27.8. The lowest BCUT2D eigenvalue weighted by Crippen LogP contribution is -2.64. The smallest absolute Gasteiger partial charge is 0.244 e. The van der Waals surface area contributed by atoms with Crippen molar-refractivity contribution in [3.8, 4) is 0 Å². The van der Waals surface area contributed by atoms with Crippen molar-refractivity contribution in [1.82, 2.24) is 10.2 Å². The molecule has 0 radical (unpaired) electrons. The zero-order valence-corrected chi connectivity index (χ0v) is 43.0. The quantitative estimate of drug-likeness (QED) is 0.0278. The predicted molar refractivity (Wildman–Crippen MR) is 266 cm³/mol. The van der Waals surface area contributed by atoms with Crippen LogP contribution in [0.25, 0.3) is 0 Å². The summed E-state index contributed by atoms with van der Waals surface area (Å²) in [7, 11) is 0. The second-order valence-corrected chi connectivity index (χ2v) is 20.0. The molecule has 2 aliphatic rings. The van der Waals surface area contributed by atoms with E-state index in [1.807, 2.05) is 4.90 Å². The Morgan fingerprint density at radius 1 is 0.500 bits per heavy atom. The molecule has 0 saturated carbocycles. The van der Waals surface area contributed by atoms with Crippen molar-refractivity contribution >= 4 is 11.8 Å². The van der Waals surface area contributed by atoms with Gasteiger partial charge in [-0.3, -0.25) is 9.59 Å². The lowest BCUT2D eigenvalue weighted by molar-refractivity contribution is -0.359. The average Bonchev–Trinajstić information content (AvgIpc) is 3.33. The topological polar surface area (TPSA) is 228 Å². The first kappa shape index (κ1) is 62.6. The van der Waals surface area contributed by atoms with Gasteiger partial charge in [0.1, 0.15) is 54.9 Å². The Labute approximate surface area is 411 Å². The zero-order chi connectivity index (χ0) is 49.8. The minimum absolute atomic E-state index is 0.0219. The van der Waals surface area contributed by atoms with Gasteiger partial charge in [-0.1, -0.05) is 187 Å². The highest BCUT2D eigenvalue weighted by atomic mass is 16.7. The monoisotopic (exact) mass is 975 g/mol. The molecule has 2 fully saturated rings. The van der Waals surface area contributed by atoms with Crippen LogP contribution < -0.4 is 5.32 Å². The third-order valence-electron chi connectivity index (χ3n) is 13.9. The molecule has 0 aromatic heterocycles. The Hall–Kier alpha value is -1.50. The Kier molecular flexibility index (Phi) is 36.9. The molecule has 2 amide bonds. The van der Waals surface area contributed by atoms with E-state index in [-0.39, 0.29) is 24.8 Å². The molecule has 2 saturated heterocycles. The molecule has 0 aliphatic carbocycles. The summed E-state index contributed by atoms with van der Waals surface area (Å²) in [6, 6.07) is -0.617. The number of unbranched alkanes of at least 4 members (excludes halogenated alkanes) is 28. The van der Waals surface area contributed by atoms with Crippen LogP contribution in [0.5, 0.6) is 0 Å². The summed E-state index contributed by atoms with van der Waals surface area (Å²) in [5.41, 5.74) is 0. The van der Waals surface area contributed by atoms with Crippen LogP contribution in [-0.2, 0) is 28.5 Å². The molecule has 68 heavy (non-hydrogen) atoms. The summed E-state index contributed by atoms with van der Waals surface area (Å²) in [6.07, 6.45) is 22.8. The number of carbonyl (C=O) groups excluding carboxylic acids is 2. The summed E-state index contributed by atoms with van der Waals surface area (Å²) in [6.45, 7) is 6.53. The Morgan fingerprint density at radius 2 is 0.897 bits per heavy atom. The van der Waals surface area contributed by atoms with Crippen molar-refractivity contribution in [2.24, 2.45) is 0 Å². The fraction of sp³-hybridized carbons (Fsp3) is 0.962. The normalized spacial score (nSPS) is 25.7. The van der Waals surface area contributed by atoms with Gasteiger partial charge in [-0.2, -0.15) is 0 Å². The van der Waals surface area contributed by atoms with E-state index in [4.69, 9.17) is 18.9 Å². The SMILES string of the molecule is CCCCCCCCCCCCCCCCN(CCCCCCCCCCCCCCCC)C(=O)[C@H](C)NC(=O)CCCCCO[C@@H]1O[C@H](CO)[C@@H](O[C@@H]2O[C@H](CO)[C@H](O)[C@H](O)[C@H]2O)[C@H](O)[C@H]1O. The molecule has 15 heteroatoms. The van der Waals surface area contributed by atoms with Gasteiger partial charge in [-0.15, -0.1) is 0 Å². The van der Waals surface area contributed by atoms with Crippen LogP contribution in [0.2, 0.25) is 0 Å². The van der Waals surface area contributed by atoms with Crippen LogP contribution >= 0.6 is 0 Å². The number of hydrogen-bond acceptors (Lipinski definition) is 13. The molecule has 402 valence electrons. The van der Waals surface area contributed by atoms with Crippen molar-refractivity contribution < 1.29 is 64.3 Å². The summed E-state index contributed by atoms with van der Waals surface area (Å²) in [5, 5.41) is 74.5. The van der Waals surface area contributed by atoms with Crippen LogP contribution in [0.4, 0.5) is 0 Å². The highest BCUT2D eigenvalue weighted by Crippen LogP contribution is 2.30. The van der Waals surface area contributed by atoms with Crippen molar-refractivity contribution in [3.05, 3.63) is 0 Å². The van der Waals surface area contributed by atoms with Gasteiger partial charge in [-0.25, -0.2) is 0 Å². The van der Waals surface area contributed by atoms with Crippen molar-refractivity contribution in [1.29, 1.82) is 0 Å². The van der Waals surface area contributed by atoms with E-state index in [2.05, 4.69) is 19.2 Å². The standard InChI is InChI=1S/C53H102N2O13/c1-4-6-8-10-12-14-16-18-20-22-24-26-28-32-36-55(37-33-29-27-25-23-21-19-17-15-13-11-9-7-5-2)51(64)41(3)54-44(58)35-31-30-34-38-65-52-49(63)47(61)50(43(40-57)67-52)68-53-48(62)46(60)45(59)42(39-56)66-53/h41-43,45-50,52-53,56-57,59-63H,4-40H2,1-3H3,(H,54,58)/t41-,42+,43+,45-,46-,47+,48+,49+,50+,52+,53-/m0/s1. The number of hydrogen-bond donors (Lipinski definition) is 8. The molecule has 2 heterocycles. The maximum absolute atomic E-state index is 13.7. The van der Waals surface area contributed by atoms with Gasteiger partial charge >= 0.3 is 0 Å². The van der Waals surface area contributed by atoms with Gasteiger partial charge in [0, 0.05) is 26.1 Å². The molecule has 2 aliphatic heterocycles. The molecule has 15 nitrogen and oxygen atoms in total. The zero-order valence-electron chi connectivity index (χ0n) is 43.0. The third-order valence-corrected chi connectivity index (χ3v) is 13.9. The summed E-state index contributed by atoms with van der Waals surface area (Å²) in [4.78, 5) is 28.7. The fourth-order valence-corrected chi connectivity index (χ4v) is 9.43. The van der Waals surface area contributed by atoms with E-state index in [1.165, 1.54) is 154 Å². The number of carbonyl (C=O) groups is 2. The number of nitrogens with one attached hydrogen (secondary N) is 1. The van der Waals surface area contributed by atoms with E-state index in [1.54, 1.807) is 6.92 Å². The number of rotatable bonds is 43. The van der Waals surface area contributed by atoms with Crippen LogP contribution in [-0.4, -0.2) is 153 Å². The van der Waals surface area contributed by atoms with Crippen molar-refractivity contribution in [2.45, 2.75) is 294 Å². The number of aliphatic hydroxyl groups excluding tert-OH is 7. The maximum Gasteiger partial charge on any atom is 0.244 e. The Bertz CT molecular complexity index is 1180. The van der Waals surface area contributed by atoms with E-state index >= 15 is 0 Å². The maximum atomic E-state index is 13.7. The van der Waals surface area contributed by atoms with Crippen LogP contribution in [0, 0.1) is 0 Å². The molecule has 8 N–H and O–H groups in total. The number of aliphatic hydroxyl groups is 7. The van der Waals surface area contributed by atoms with Gasteiger partial charge in [0.05, 0.1) is 13.2 Å². The Morgan fingerprint density at radius 3 is 1.34 bits per heavy atom. The minimum Gasteiger partial charge on any atom is -0.394 e. The average molecular weight is 975 g/mol. The van der Waals surface area contributed by atoms with E-state index < -0.39 is 80.7 Å². The van der Waals surface area contributed by atoms with Gasteiger partial charge < -0.3 is 64.9 Å². The largest absolute Gasteiger partial charge is 0.394 e. The lowest BCUT2D eigenvalue weighted by atomic mass is 9.97. The number of nitrogens with zero attached hydrogens (tertiary/aromatic N) is 1. The molecule has 2 rings (SSSR count). The van der Waals surface area contributed by atoms with Crippen molar-refractivity contribution in [2.75, 3.05) is 32.9 Å². The highest BCUT2D eigenvalue weighted by Gasteiger charge is 2.50. The first-order chi connectivity index (χ1) is 33.0. The third kappa shape index (κ3) is 26.3. The van der Waals surface area contributed by atoms with Gasteiger partial charge in [-0.05, 0) is 32.6 Å². The van der Waals surface area contributed by atoms with Crippen LogP contribution in [0.3, 0.4) is 0 Å². The molecule has 0 unspecified atom stereocenters. The molecular formula is C53H102N2O13. The van der Waals surface area contributed by atoms with Crippen LogP contribution in [0.15, 0.2) is 0 Å². The molecule has 0 spiro atoms. The van der Waals surface area contributed by atoms with E-state index in [9.17, 15) is 45.3 Å². The first-order valence-electron chi connectivity index (χ1n) is 27.8. The molecule has 11 atom stereocenters. The van der Waals surface area contributed by atoms with E-state index in [0.29, 0.717) is 19.3 Å². The van der Waals surface area contributed by atoms with Gasteiger partial charge in [0.2, 0.25) is 11.8 Å². The van der Waals surface area contributed by atoms with E-state index in [0.717, 1.165) is 38.8 Å². The van der Waals surface area contributed by atoms with Gasteiger partial charge in [0.25, 0.3) is 0 Å². The highest BCUT2D eigenvalue weighted by molar-refractivity contribution is 5.87. The van der Waals surface area contributed by atoms with Crippen LogP contribution in [0.1, 0.15) is 226 Å². The summed E-state index contributed by atoms with van der Waals surface area (Å²) in [5.74, 6) is -0.212. The second-order valence-electron chi connectivity index (χ2n) is 20.0. The molecule has 0 bridgehead atoms. The second kappa shape index (κ2) is 40.0. The molecular weight excluding hydrogens is 873 g/mol. The molecule has 0 aromatic carbocycles. The lowest BCUT2D eigenvalue weighted by Gasteiger charge is -2.45.